The summed E-state index contributed by atoms with van der Waals surface area (Å²) >= 11 is 0. The second-order valence-electron chi connectivity index (χ2n) is 7.24. The summed E-state index contributed by atoms with van der Waals surface area (Å²) in [4.78, 5) is 11.9. The molecule has 3 aliphatic carbocycles. The first-order valence-corrected chi connectivity index (χ1v) is 7.36. The lowest BCUT2D eigenvalue weighted by Crippen LogP contribution is -2.40. The number of fused-ring (bicyclic) bond motifs is 2. The number of ether oxygens (including phenoxy) is 1. The second-order valence-corrected chi connectivity index (χ2v) is 7.24. The first-order chi connectivity index (χ1) is 8.43. The van der Waals surface area contributed by atoms with Gasteiger partial charge in [-0.1, -0.05) is 20.8 Å². The minimum absolute atomic E-state index is 0.0588. The van der Waals surface area contributed by atoms with Crippen molar-refractivity contribution in [3.05, 3.63) is 0 Å². The zero-order valence-electron chi connectivity index (χ0n) is 11.8. The molecule has 0 aromatic heterocycles. The highest BCUT2D eigenvalue weighted by Crippen LogP contribution is 2.66. The van der Waals surface area contributed by atoms with E-state index in [9.17, 15) is 4.79 Å². The summed E-state index contributed by atoms with van der Waals surface area (Å²) in [6, 6.07) is 0.574. The van der Waals surface area contributed by atoms with Crippen molar-refractivity contribution in [2.75, 3.05) is 6.54 Å². The normalized spacial score (nSPS) is 41.1. The Hall–Kier alpha value is -0.570. The fourth-order valence-corrected chi connectivity index (χ4v) is 4.02. The van der Waals surface area contributed by atoms with Crippen LogP contribution in [-0.2, 0) is 9.53 Å². The van der Waals surface area contributed by atoms with Crippen molar-refractivity contribution < 1.29 is 9.53 Å². The number of hydrogen-bond acceptors (Lipinski definition) is 3. The number of esters is 1. The highest BCUT2D eigenvalue weighted by Gasteiger charge is 2.62. The van der Waals surface area contributed by atoms with Crippen molar-refractivity contribution in [3.8, 4) is 0 Å². The van der Waals surface area contributed by atoms with Crippen LogP contribution in [0.25, 0.3) is 0 Å². The van der Waals surface area contributed by atoms with E-state index in [2.05, 4.69) is 26.1 Å². The van der Waals surface area contributed by atoms with Crippen LogP contribution < -0.4 is 5.32 Å². The van der Waals surface area contributed by atoms with Gasteiger partial charge in [-0.3, -0.25) is 4.79 Å². The molecular formula is C15H25NO2. The summed E-state index contributed by atoms with van der Waals surface area (Å²) in [6.45, 7) is 7.40. The van der Waals surface area contributed by atoms with Gasteiger partial charge >= 0.3 is 5.97 Å². The van der Waals surface area contributed by atoms with Crippen molar-refractivity contribution in [1.29, 1.82) is 0 Å². The Kier molecular flexibility index (Phi) is 2.74. The van der Waals surface area contributed by atoms with Gasteiger partial charge in [0.05, 0.1) is 6.54 Å². The van der Waals surface area contributed by atoms with Crippen LogP contribution >= 0.6 is 0 Å². The number of rotatable bonds is 4. The van der Waals surface area contributed by atoms with Gasteiger partial charge in [-0.15, -0.1) is 0 Å². The fraction of sp³-hybridized carbons (Fsp3) is 0.933. The average molecular weight is 251 g/mol. The molecule has 0 spiro atoms. The van der Waals surface area contributed by atoms with Crippen molar-refractivity contribution in [3.63, 3.8) is 0 Å². The maximum atomic E-state index is 11.9. The van der Waals surface area contributed by atoms with Gasteiger partial charge in [0.15, 0.2) is 0 Å². The van der Waals surface area contributed by atoms with Gasteiger partial charge < -0.3 is 10.1 Å². The fourth-order valence-electron chi connectivity index (χ4n) is 4.02. The van der Waals surface area contributed by atoms with Crippen molar-refractivity contribution in [1.82, 2.24) is 5.32 Å². The van der Waals surface area contributed by atoms with Gasteiger partial charge in [-0.05, 0) is 43.4 Å². The highest BCUT2D eigenvalue weighted by molar-refractivity contribution is 5.72. The molecule has 3 rings (SSSR count). The molecule has 0 aliphatic heterocycles. The van der Waals surface area contributed by atoms with Gasteiger partial charge in [-0.25, -0.2) is 0 Å². The Labute approximate surface area is 110 Å². The molecule has 2 bridgehead atoms. The average Bonchev–Trinajstić information content (AvgIpc) is 3.07. The quantitative estimate of drug-likeness (QED) is 0.780. The number of carbonyl (C=O) groups is 1. The number of nitrogens with one attached hydrogen (secondary N) is 1. The minimum atomic E-state index is -0.0588. The number of hydrogen-bond donors (Lipinski definition) is 1. The Morgan fingerprint density at radius 2 is 2.00 bits per heavy atom. The molecular weight excluding hydrogens is 226 g/mol. The molecule has 0 heterocycles. The topological polar surface area (TPSA) is 38.3 Å². The molecule has 3 heteroatoms. The molecule has 0 radical (unpaired) electrons. The third kappa shape index (κ3) is 1.78. The molecule has 18 heavy (non-hydrogen) atoms. The summed E-state index contributed by atoms with van der Waals surface area (Å²) in [7, 11) is 0. The standard InChI is InChI=1S/C15H25NO2/c1-14(2)10-6-7-15(14,3)12(8-10)18-13(17)9-16-11-4-5-11/h10-12,16H,4-9H2,1-3H3. The molecule has 0 amide bonds. The lowest BCUT2D eigenvalue weighted by atomic mass is 9.70. The Bertz CT molecular complexity index is 362. The lowest BCUT2D eigenvalue weighted by Gasteiger charge is -2.38. The first-order valence-electron chi connectivity index (χ1n) is 7.36. The molecule has 3 fully saturated rings. The molecule has 3 nitrogen and oxygen atoms in total. The highest BCUT2D eigenvalue weighted by atomic mass is 16.5. The van der Waals surface area contributed by atoms with Crippen LogP contribution in [0.3, 0.4) is 0 Å². The van der Waals surface area contributed by atoms with Gasteiger partial charge in [0.1, 0.15) is 6.10 Å². The monoisotopic (exact) mass is 251 g/mol. The van der Waals surface area contributed by atoms with E-state index in [1.54, 1.807) is 0 Å². The summed E-state index contributed by atoms with van der Waals surface area (Å²) in [5.41, 5.74) is 0.509. The number of carbonyl (C=O) groups excluding carboxylic acids is 1. The third-order valence-electron chi connectivity index (χ3n) is 6.10. The van der Waals surface area contributed by atoms with Crippen LogP contribution in [0.4, 0.5) is 0 Å². The predicted molar refractivity (Wildman–Crippen MR) is 70.1 cm³/mol. The largest absolute Gasteiger partial charge is 0.461 e. The zero-order chi connectivity index (χ0) is 13.0. The molecule has 3 unspecified atom stereocenters. The van der Waals surface area contributed by atoms with Gasteiger partial charge in [0.2, 0.25) is 0 Å². The van der Waals surface area contributed by atoms with Crippen molar-refractivity contribution >= 4 is 5.97 Å². The third-order valence-corrected chi connectivity index (χ3v) is 6.10. The smallest absolute Gasteiger partial charge is 0.320 e. The van der Waals surface area contributed by atoms with Crippen LogP contribution in [0, 0.1) is 16.7 Å². The van der Waals surface area contributed by atoms with Crippen LogP contribution in [0.2, 0.25) is 0 Å². The molecule has 0 aromatic carbocycles. The molecule has 102 valence electrons. The summed E-state index contributed by atoms with van der Waals surface area (Å²) in [6.07, 6.45) is 6.14. The van der Waals surface area contributed by atoms with E-state index in [1.807, 2.05) is 0 Å². The zero-order valence-corrected chi connectivity index (χ0v) is 11.8. The van der Waals surface area contributed by atoms with Gasteiger partial charge in [0.25, 0.3) is 0 Å². The van der Waals surface area contributed by atoms with Crippen LogP contribution in [0.15, 0.2) is 0 Å². The molecule has 0 aromatic rings. The summed E-state index contributed by atoms with van der Waals surface area (Å²) in [5.74, 6) is 0.674. The van der Waals surface area contributed by atoms with Crippen LogP contribution in [-0.4, -0.2) is 24.7 Å². The predicted octanol–water partition coefficient (Wildman–Crippen LogP) is 2.50. The lowest BCUT2D eigenvalue weighted by molar-refractivity contribution is -0.155. The van der Waals surface area contributed by atoms with Gasteiger partial charge in [-0.2, -0.15) is 0 Å². The SMILES string of the molecule is CC1(C)C2CCC1(C)C(OC(=O)CNC1CC1)C2. The van der Waals surface area contributed by atoms with Crippen molar-refractivity contribution in [2.24, 2.45) is 16.7 Å². The molecule has 1 N–H and O–H groups in total. The Balaban J connectivity index is 1.58. The molecule has 3 saturated carbocycles. The summed E-state index contributed by atoms with van der Waals surface area (Å²) < 4.78 is 5.76. The molecule has 3 aliphatic rings. The molecule has 0 saturated heterocycles. The maximum absolute atomic E-state index is 11.9. The van der Waals surface area contributed by atoms with E-state index in [0.717, 1.165) is 12.3 Å². The summed E-state index contributed by atoms with van der Waals surface area (Å²) in [5, 5.41) is 3.23. The van der Waals surface area contributed by atoms with Crippen LogP contribution in [0.1, 0.15) is 52.9 Å². The van der Waals surface area contributed by atoms with E-state index in [0.29, 0.717) is 18.0 Å². The van der Waals surface area contributed by atoms with E-state index in [1.165, 1.54) is 25.7 Å². The van der Waals surface area contributed by atoms with Gasteiger partial charge in [0, 0.05) is 11.5 Å². The second kappa shape index (κ2) is 3.96. The molecule has 3 atom stereocenters. The van der Waals surface area contributed by atoms with Crippen molar-refractivity contribution in [2.45, 2.75) is 65.0 Å². The Morgan fingerprint density at radius 3 is 2.50 bits per heavy atom. The minimum Gasteiger partial charge on any atom is -0.461 e. The first kappa shape index (κ1) is 12.5. The van der Waals surface area contributed by atoms with E-state index in [-0.39, 0.29) is 17.5 Å². The van der Waals surface area contributed by atoms with E-state index >= 15 is 0 Å². The Morgan fingerprint density at radius 1 is 1.28 bits per heavy atom. The van der Waals surface area contributed by atoms with Crippen LogP contribution in [0.5, 0.6) is 0 Å². The maximum Gasteiger partial charge on any atom is 0.320 e. The van der Waals surface area contributed by atoms with E-state index in [4.69, 9.17) is 4.74 Å². The van der Waals surface area contributed by atoms with E-state index < -0.39 is 0 Å².